The Kier molecular flexibility index (Phi) is 4.89. The first-order valence-electron chi connectivity index (χ1n) is 11.0. The lowest BCUT2D eigenvalue weighted by atomic mass is 9.86. The van der Waals surface area contributed by atoms with E-state index in [0.717, 1.165) is 24.0 Å². The van der Waals surface area contributed by atoms with Gasteiger partial charge in [-0.15, -0.1) is 0 Å². The molecule has 0 bridgehead atoms. The van der Waals surface area contributed by atoms with E-state index in [1.54, 1.807) is 11.1 Å². The minimum Gasteiger partial charge on any atom is -0.309 e. The molecule has 0 N–H and O–H groups in total. The summed E-state index contributed by atoms with van der Waals surface area (Å²) in [7, 11) is 0. The van der Waals surface area contributed by atoms with Gasteiger partial charge in [0.05, 0.1) is 0 Å². The fourth-order valence-corrected chi connectivity index (χ4v) is 5.26. The summed E-state index contributed by atoms with van der Waals surface area (Å²) in [5, 5.41) is 0. The zero-order valence-corrected chi connectivity index (χ0v) is 16.8. The molecular formula is C24H30N4. The van der Waals surface area contributed by atoms with Crippen molar-refractivity contribution in [2.45, 2.75) is 64.0 Å². The van der Waals surface area contributed by atoms with Crippen LogP contribution in [0.4, 0.5) is 0 Å². The van der Waals surface area contributed by atoms with Gasteiger partial charge in [0, 0.05) is 37.8 Å². The van der Waals surface area contributed by atoms with E-state index >= 15 is 0 Å². The Hall–Kier alpha value is -2.20. The van der Waals surface area contributed by atoms with Gasteiger partial charge in [-0.2, -0.15) is 0 Å². The second-order valence-electron chi connectivity index (χ2n) is 8.43. The van der Waals surface area contributed by atoms with Gasteiger partial charge in [-0.05, 0) is 61.8 Å². The highest BCUT2D eigenvalue weighted by Gasteiger charge is 2.30. The number of nitrogens with zero attached hydrogens (tertiary/aromatic N) is 4. The van der Waals surface area contributed by atoms with Gasteiger partial charge in [-0.25, -0.2) is 9.97 Å². The number of aromatic nitrogens is 3. The van der Waals surface area contributed by atoms with Crippen LogP contribution < -0.4 is 0 Å². The number of aryl methyl sites for hydroxylation is 2. The quantitative estimate of drug-likeness (QED) is 0.670. The van der Waals surface area contributed by atoms with E-state index < -0.39 is 0 Å². The molecule has 4 heteroatoms. The lowest BCUT2D eigenvalue weighted by molar-refractivity contribution is 0.124. The van der Waals surface area contributed by atoms with Gasteiger partial charge >= 0.3 is 0 Å². The lowest BCUT2D eigenvalue weighted by Gasteiger charge is -2.40. The lowest BCUT2D eigenvalue weighted by Crippen LogP contribution is -2.44. The third-order valence-corrected chi connectivity index (χ3v) is 6.70. The van der Waals surface area contributed by atoms with Crippen molar-refractivity contribution >= 4 is 11.2 Å². The van der Waals surface area contributed by atoms with Crippen LogP contribution in [-0.2, 0) is 19.3 Å². The average Bonchev–Trinajstić information content (AvgIpc) is 3.12. The molecule has 3 heterocycles. The molecule has 2 aliphatic rings. The number of likely N-dealkylation sites (tertiary alicyclic amines) is 1. The minimum atomic E-state index is 0.536. The first-order valence-corrected chi connectivity index (χ1v) is 11.0. The first kappa shape index (κ1) is 17.9. The molecule has 1 aliphatic carbocycles. The van der Waals surface area contributed by atoms with Crippen molar-refractivity contribution in [2.75, 3.05) is 13.1 Å². The van der Waals surface area contributed by atoms with Crippen molar-refractivity contribution in [3.8, 4) is 0 Å². The molecule has 146 valence electrons. The summed E-state index contributed by atoms with van der Waals surface area (Å²) in [5.74, 6) is 1.22. The number of hydrogen-bond donors (Lipinski definition) is 0. The average molecular weight is 375 g/mol. The third-order valence-electron chi connectivity index (χ3n) is 6.70. The van der Waals surface area contributed by atoms with Crippen molar-refractivity contribution < 1.29 is 0 Å². The summed E-state index contributed by atoms with van der Waals surface area (Å²) in [5.41, 5.74) is 5.26. The Bertz CT molecular complexity index is 952. The molecule has 1 atom stereocenters. The van der Waals surface area contributed by atoms with Gasteiger partial charge in [-0.3, -0.25) is 4.90 Å². The van der Waals surface area contributed by atoms with E-state index in [4.69, 9.17) is 4.98 Å². The number of pyridine rings is 1. The van der Waals surface area contributed by atoms with E-state index in [-0.39, 0.29) is 0 Å². The molecule has 4 nitrogen and oxygen atoms in total. The van der Waals surface area contributed by atoms with Gasteiger partial charge < -0.3 is 4.57 Å². The van der Waals surface area contributed by atoms with Crippen LogP contribution in [0.1, 0.15) is 55.6 Å². The Balaban J connectivity index is 1.32. The number of piperidine rings is 1. The van der Waals surface area contributed by atoms with Crippen molar-refractivity contribution in [3.05, 3.63) is 59.5 Å². The monoisotopic (exact) mass is 374 g/mol. The summed E-state index contributed by atoms with van der Waals surface area (Å²) < 4.78 is 2.46. The molecule has 1 saturated heterocycles. The summed E-state index contributed by atoms with van der Waals surface area (Å²) in [6.07, 6.45) is 10.2. The normalized spacial score (nSPS) is 21.1. The van der Waals surface area contributed by atoms with E-state index in [0.29, 0.717) is 12.1 Å². The van der Waals surface area contributed by atoms with Crippen LogP contribution in [0.5, 0.6) is 0 Å². The van der Waals surface area contributed by atoms with Crippen LogP contribution in [0.25, 0.3) is 11.2 Å². The first-order chi connectivity index (χ1) is 13.8. The molecule has 0 spiro atoms. The fraction of sp³-hybridized carbons (Fsp3) is 0.500. The highest BCUT2D eigenvalue weighted by Crippen LogP contribution is 2.32. The van der Waals surface area contributed by atoms with Crippen molar-refractivity contribution in [1.82, 2.24) is 19.4 Å². The van der Waals surface area contributed by atoms with Gasteiger partial charge in [0.25, 0.3) is 0 Å². The van der Waals surface area contributed by atoms with Gasteiger partial charge in [-0.1, -0.05) is 31.2 Å². The smallest absolute Gasteiger partial charge is 0.160 e. The van der Waals surface area contributed by atoms with Gasteiger partial charge in [0.15, 0.2) is 5.65 Å². The summed E-state index contributed by atoms with van der Waals surface area (Å²) in [4.78, 5) is 12.3. The van der Waals surface area contributed by atoms with E-state index in [1.807, 2.05) is 12.3 Å². The zero-order valence-electron chi connectivity index (χ0n) is 16.8. The number of imidazole rings is 1. The van der Waals surface area contributed by atoms with Crippen LogP contribution in [0.15, 0.2) is 42.6 Å². The standard InChI is InChI=1S/C24H30N4/c1-2-6-23-26-22-9-5-14-25-24(22)28(23)20-12-15-27(16-13-20)21-11-10-18-7-3-4-8-19(18)17-21/h3-5,7-9,14,20-21H,2,6,10-13,15-17H2,1H3/t21-/m0/s1. The predicted molar refractivity (Wildman–Crippen MR) is 114 cm³/mol. The Morgan fingerprint density at radius 3 is 2.61 bits per heavy atom. The SMILES string of the molecule is CCCc1nc2cccnc2n1C1CCN([C@H]2CCc3ccccc3C2)CC1. The molecule has 1 aliphatic heterocycles. The molecule has 1 aromatic carbocycles. The summed E-state index contributed by atoms with van der Waals surface area (Å²) in [6, 6.07) is 14.4. The fourth-order valence-electron chi connectivity index (χ4n) is 5.26. The third kappa shape index (κ3) is 3.24. The van der Waals surface area contributed by atoms with Crippen LogP contribution in [0.2, 0.25) is 0 Å². The maximum Gasteiger partial charge on any atom is 0.160 e. The maximum atomic E-state index is 4.90. The zero-order chi connectivity index (χ0) is 18.9. The van der Waals surface area contributed by atoms with Gasteiger partial charge in [0.1, 0.15) is 11.3 Å². The van der Waals surface area contributed by atoms with Crippen LogP contribution >= 0.6 is 0 Å². The van der Waals surface area contributed by atoms with Gasteiger partial charge in [0.2, 0.25) is 0 Å². The van der Waals surface area contributed by atoms with Crippen LogP contribution in [0, 0.1) is 0 Å². The second-order valence-corrected chi connectivity index (χ2v) is 8.43. The molecule has 0 radical (unpaired) electrons. The van der Waals surface area contributed by atoms with Crippen LogP contribution in [-0.4, -0.2) is 38.6 Å². The van der Waals surface area contributed by atoms with E-state index in [2.05, 4.69) is 51.7 Å². The maximum absolute atomic E-state index is 4.90. The molecule has 1 fully saturated rings. The van der Waals surface area contributed by atoms with Crippen molar-refractivity contribution in [2.24, 2.45) is 0 Å². The Labute approximate surface area is 167 Å². The molecule has 0 amide bonds. The molecule has 28 heavy (non-hydrogen) atoms. The van der Waals surface area contributed by atoms with E-state index in [1.165, 1.54) is 51.0 Å². The number of rotatable bonds is 4. The molecule has 0 unspecified atom stereocenters. The van der Waals surface area contributed by atoms with Crippen LogP contribution in [0.3, 0.4) is 0 Å². The second kappa shape index (κ2) is 7.67. The minimum absolute atomic E-state index is 0.536. The predicted octanol–water partition coefficient (Wildman–Crippen LogP) is 4.58. The number of benzene rings is 1. The molecule has 3 aromatic rings. The Morgan fingerprint density at radius 1 is 0.964 bits per heavy atom. The summed E-state index contributed by atoms with van der Waals surface area (Å²) in [6.45, 7) is 4.62. The Morgan fingerprint density at radius 2 is 1.79 bits per heavy atom. The summed E-state index contributed by atoms with van der Waals surface area (Å²) >= 11 is 0. The molecule has 0 saturated carbocycles. The largest absolute Gasteiger partial charge is 0.309 e. The number of hydrogen-bond acceptors (Lipinski definition) is 3. The van der Waals surface area contributed by atoms with Crippen molar-refractivity contribution in [1.29, 1.82) is 0 Å². The highest BCUT2D eigenvalue weighted by molar-refractivity contribution is 5.71. The van der Waals surface area contributed by atoms with Crippen molar-refractivity contribution in [3.63, 3.8) is 0 Å². The highest BCUT2D eigenvalue weighted by atomic mass is 15.2. The van der Waals surface area contributed by atoms with E-state index in [9.17, 15) is 0 Å². The topological polar surface area (TPSA) is 34.0 Å². The molecule has 5 rings (SSSR count). The molecular weight excluding hydrogens is 344 g/mol. The molecule has 2 aromatic heterocycles. The number of fused-ring (bicyclic) bond motifs is 2.